The number of nitrogens with zero attached hydrogens (tertiary/aromatic N) is 1. The van der Waals surface area contributed by atoms with E-state index in [1.165, 1.54) is 18.6 Å². The van der Waals surface area contributed by atoms with E-state index in [1.807, 2.05) is 36.4 Å². The zero-order chi connectivity index (χ0) is 21.9. The van der Waals surface area contributed by atoms with E-state index >= 15 is 0 Å². The fourth-order valence-corrected chi connectivity index (χ4v) is 3.38. The van der Waals surface area contributed by atoms with Crippen molar-refractivity contribution in [2.24, 2.45) is 0 Å². The molecule has 0 unspecified atom stereocenters. The van der Waals surface area contributed by atoms with Crippen LogP contribution in [0.15, 0.2) is 72.5 Å². The predicted octanol–water partition coefficient (Wildman–Crippen LogP) is 5.29. The molecule has 0 fully saturated rings. The highest BCUT2D eigenvalue weighted by molar-refractivity contribution is 5.87. The molecular weight excluding hydrogens is 390 g/mol. The maximum atomic E-state index is 10.9. The topological polar surface area (TPSA) is 68.7 Å². The van der Waals surface area contributed by atoms with Gasteiger partial charge in [-0.05, 0) is 37.5 Å². The van der Waals surface area contributed by atoms with Gasteiger partial charge in [0.05, 0.1) is 36.8 Å². The van der Waals surface area contributed by atoms with Crippen LogP contribution in [0, 0.1) is 0 Å². The molecule has 2 aromatic carbocycles. The number of aliphatic hydroxyl groups excluding tert-OH is 1. The van der Waals surface area contributed by atoms with Gasteiger partial charge in [0.15, 0.2) is 5.78 Å². The lowest BCUT2D eigenvalue weighted by Crippen LogP contribution is -2.08. The molecule has 0 saturated heterocycles. The molecule has 3 aromatic rings. The molecule has 31 heavy (non-hydrogen) atoms. The summed E-state index contributed by atoms with van der Waals surface area (Å²) in [6.45, 7) is 3.57. The Morgan fingerprint density at radius 1 is 0.968 bits per heavy atom. The Hall–Kier alpha value is -3.02. The highest BCUT2D eigenvalue weighted by Gasteiger charge is 2.07. The average molecular weight is 420 g/mol. The number of hydrogen-bond donors (Lipinski definition) is 1. The number of allylic oxidation sites excluding steroid dienone is 2. The van der Waals surface area contributed by atoms with E-state index in [0.717, 1.165) is 28.6 Å². The minimum atomic E-state index is -0.148. The number of ether oxygens (including phenoxy) is 2. The molecule has 0 aliphatic rings. The van der Waals surface area contributed by atoms with E-state index in [4.69, 9.17) is 14.5 Å². The van der Waals surface area contributed by atoms with Crippen LogP contribution >= 0.6 is 0 Å². The number of carbonyl (C=O) groups excluding carboxylic acids is 1. The van der Waals surface area contributed by atoms with Crippen molar-refractivity contribution < 1.29 is 19.4 Å². The Morgan fingerprint density at radius 2 is 1.68 bits per heavy atom. The van der Waals surface area contributed by atoms with Crippen LogP contribution in [0.1, 0.15) is 25.3 Å². The largest absolute Gasteiger partial charge is 0.512 e. The standard InChI is InChI=1S/C26H29NO4/c1-20(28)18-23(29)10-7-14-30-16-17-31-15-13-22-19-26(21-8-3-2-4-9-21)27-25-12-6-5-11-24(22)25/h2-6,8-9,11-12,18-19,29H,7,10,13-17H2,1H3. The van der Waals surface area contributed by atoms with E-state index in [0.29, 0.717) is 39.3 Å². The molecule has 0 amide bonds. The number of pyridine rings is 1. The first-order valence-electron chi connectivity index (χ1n) is 10.6. The molecule has 5 nitrogen and oxygen atoms in total. The van der Waals surface area contributed by atoms with Crippen LogP contribution in [0.5, 0.6) is 0 Å². The Morgan fingerprint density at radius 3 is 2.45 bits per heavy atom. The normalized spacial score (nSPS) is 11.7. The quantitative estimate of drug-likeness (QED) is 0.245. The molecule has 0 saturated carbocycles. The molecule has 0 spiro atoms. The number of benzene rings is 2. The second-order valence-electron chi connectivity index (χ2n) is 7.37. The summed E-state index contributed by atoms with van der Waals surface area (Å²) in [4.78, 5) is 15.7. The van der Waals surface area contributed by atoms with E-state index in [9.17, 15) is 9.90 Å². The highest BCUT2D eigenvalue weighted by atomic mass is 16.5. The molecule has 162 valence electrons. The molecule has 0 aliphatic carbocycles. The minimum Gasteiger partial charge on any atom is -0.512 e. The SMILES string of the molecule is CC(=O)C=C(O)CCCOCCOCCc1cc(-c2ccccc2)nc2ccccc12. The van der Waals surface area contributed by atoms with E-state index in [-0.39, 0.29) is 11.5 Å². The number of carbonyl (C=O) groups is 1. The molecular formula is C26H29NO4. The van der Waals surface area contributed by atoms with Crippen molar-refractivity contribution >= 4 is 16.7 Å². The van der Waals surface area contributed by atoms with Crippen molar-refractivity contribution in [2.75, 3.05) is 26.4 Å². The van der Waals surface area contributed by atoms with Crippen LogP contribution in [0.25, 0.3) is 22.2 Å². The first-order chi connectivity index (χ1) is 15.1. The first kappa shape index (κ1) is 22.7. The van der Waals surface area contributed by atoms with Crippen LogP contribution in [0.2, 0.25) is 0 Å². The number of aromatic nitrogens is 1. The van der Waals surface area contributed by atoms with E-state index in [2.05, 4.69) is 24.3 Å². The second-order valence-corrected chi connectivity index (χ2v) is 7.37. The highest BCUT2D eigenvalue weighted by Crippen LogP contribution is 2.25. The van der Waals surface area contributed by atoms with Crippen LogP contribution in [0.3, 0.4) is 0 Å². The Balaban J connectivity index is 1.45. The van der Waals surface area contributed by atoms with Gasteiger partial charge in [-0.3, -0.25) is 4.79 Å². The maximum absolute atomic E-state index is 10.9. The lowest BCUT2D eigenvalue weighted by atomic mass is 10.0. The molecule has 1 heterocycles. The lowest BCUT2D eigenvalue weighted by molar-refractivity contribution is -0.112. The van der Waals surface area contributed by atoms with Crippen LogP contribution in [-0.2, 0) is 20.7 Å². The smallest absolute Gasteiger partial charge is 0.155 e. The van der Waals surface area contributed by atoms with Gasteiger partial charge >= 0.3 is 0 Å². The summed E-state index contributed by atoms with van der Waals surface area (Å²) in [7, 11) is 0. The summed E-state index contributed by atoms with van der Waals surface area (Å²) in [5, 5.41) is 10.7. The van der Waals surface area contributed by atoms with Gasteiger partial charge in [-0.15, -0.1) is 0 Å². The average Bonchev–Trinajstić information content (AvgIpc) is 2.77. The van der Waals surface area contributed by atoms with Gasteiger partial charge in [-0.1, -0.05) is 48.5 Å². The molecule has 3 rings (SSSR count). The Labute approximate surface area is 183 Å². The van der Waals surface area contributed by atoms with Gasteiger partial charge in [0.1, 0.15) is 0 Å². The summed E-state index contributed by atoms with van der Waals surface area (Å²) < 4.78 is 11.3. The molecule has 1 aromatic heterocycles. The summed E-state index contributed by atoms with van der Waals surface area (Å²) >= 11 is 0. The predicted molar refractivity (Wildman–Crippen MR) is 123 cm³/mol. The minimum absolute atomic E-state index is 0.104. The van der Waals surface area contributed by atoms with E-state index in [1.54, 1.807) is 0 Å². The maximum Gasteiger partial charge on any atom is 0.155 e. The zero-order valence-electron chi connectivity index (χ0n) is 17.9. The molecule has 0 atom stereocenters. The Kier molecular flexibility index (Phi) is 8.76. The number of ketones is 1. The number of para-hydroxylation sites is 1. The monoisotopic (exact) mass is 419 g/mol. The van der Waals surface area contributed by atoms with Crippen molar-refractivity contribution in [1.29, 1.82) is 0 Å². The van der Waals surface area contributed by atoms with Crippen LogP contribution in [-0.4, -0.2) is 42.3 Å². The van der Waals surface area contributed by atoms with Gasteiger partial charge in [-0.25, -0.2) is 4.98 Å². The van der Waals surface area contributed by atoms with Crippen molar-refractivity contribution in [3.05, 3.63) is 78.1 Å². The van der Waals surface area contributed by atoms with E-state index < -0.39 is 0 Å². The molecule has 0 aliphatic heterocycles. The van der Waals surface area contributed by atoms with Crippen LogP contribution < -0.4 is 0 Å². The zero-order valence-corrected chi connectivity index (χ0v) is 17.9. The van der Waals surface area contributed by atoms with Crippen LogP contribution in [0.4, 0.5) is 0 Å². The summed E-state index contributed by atoms with van der Waals surface area (Å²) in [5.41, 5.74) is 4.29. The third-order valence-electron chi connectivity index (χ3n) is 4.85. The third-order valence-corrected chi connectivity index (χ3v) is 4.85. The first-order valence-corrected chi connectivity index (χ1v) is 10.6. The number of rotatable bonds is 12. The fraction of sp³-hybridized carbons (Fsp3) is 0.308. The van der Waals surface area contributed by atoms with Gasteiger partial charge in [-0.2, -0.15) is 0 Å². The second kappa shape index (κ2) is 12.0. The molecule has 5 heteroatoms. The summed E-state index contributed by atoms with van der Waals surface area (Å²) in [5.74, 6) is -0.0449. The lowest BCUT2D eigenvalue weighted by Gasteiger charge is -2.11. The van der Waals surface area contributed by atoms with Gasteiger partial charge in [0, 0.05) is 30.1 Å². The van der Waals surface area contributed by atoms with Crippen molar-refractivity contribution in [3.63, 3.8) is 0 Å². The van der Waals surface area contributed by atoms with Gasteiger partial charge < -0.3 is 14.6 Å². The van der Waals surface area contributed by atoms with Crippen molar-refractivity contribution in [1.82, 2.24) is 4.98 Å². The summed E-state index contributed by atoms with van der Waals surface area (Å²) in [6.07, 6.45) is 3.15. The van der Waals surface area contributed by atoms with Gasteiger partial charge in [0.2, 0.25) is 0 Å². The Bertz CT molecular complexity index is 1010. The number of fused-ring (bicyclic) bond motifs is 1. The number of hydrogen-bond acceptors (Lipinski definition) is 5. The molecule has 0 bridgehead atoms. The summed E-state index contributed by atoms with van der Waals surface area (Å²) in [6, 6.07) is 20.5. The van der Waals surface area contributed by atoms with Crippen molar-refractivity contribution in [2.45, 2.75) is 26.2 Å². The fourth-order valence-electron chi connectivity index (χ4n) is 3.38. The van der Waals surface area contributed by atoms with Crippen molar-refractivity contribution in [3.8, 4) is 11.3 Å². The van der Waals surface area contributed by atoms with Gasteiger partial charge in [0.25, 0.3) is 0 Å². The molecule has 1 N–H and O–H groups in total. The number of aliphatic hydroxyl groups is 1. The molecule has 0 radical (unpaired) electrons. The third kappa shape index (κ3) is 7.31.